The summed E-state index contributed by atoms with van der Waals surface area (Å²) in [6.45, 7) is 3.27. The molecular formula is C26H30FN3O5S. The number of benzene rings is 2. The van der Waals surface area contributed by atoms with Crippen molar-refractivity contribution in [1.29, 1.82) is 0 Å². The summed E-state index contributed by atoms with van der Waals surface area (Å²) in [5.74, 6) is -0.291. The number of morpholine rings is 1. The van der Waals surface area contributed by atoms with Crippen molar-refractivity contribution in [3.63, 3.8) is 0 Å². The first-order valence-electron chi connectivity index (χ1n) is 11.8. The first kappa shape index (κ1) is 26.0. The number of ether oxygens (including phenoxy) is 1. The third kappa shape index (κ3) is 7.01. The summed E-state index contributed by atoms with van der Waals surface area (Å²) in [6.07, 6.45) is 1.54. The lowest BCUT2D eigenvalue weighted by atomic mass is 10.2. The second kappa shape index (κ2) is 12.3. The minimum absolute atomic E-state index is 0.0562. The SMILES string of the molecule is O=C(CN(CCN1CCOCC1)S(=O)(=O)c1ccc(F)cc1)N(Cc1ccccc1)Cc1ccco1. The lowest BCUT2D eigenvalue weighted by molar-refractivity contribution is -0.133. The van der Waals surface area contributed by atoms with Crippen LogP contribution in [0.3, 0.4) is 0 Å². The van der Waals surface area contributed by atoms with Gasteiger partial charge in [-0.05, 0) is 42.0 Å². The van der Waals surface area contributed by atoms with Gasteiger partial charge in [0.05, 0.1) is 37.5 Å². The minimum Gasteiger partial charge on any atom is -0.467 e. The summed E-state index contributed by atoms with van der Waals surface area (Å²) in [4.78, 5) is 17.2. The van der Waals surface area contributed by atoms with E-state index in [4.69, 9.17) is 9.15 Å². The first-order chi connectivity index (χ1) is 17.4. The predicted octanol–water partition coefficient (Wildman–Crippen LogP) is 2.97. The molecule has 0 N–H and O–H groups in total. The summed E-state index contributed by atoms with van der Waals surface area (Å²) >= 11 is 0. The Kier molecular flexibility index (Phi) is 8.87. The standard InChI is InChI=1S/C26H30FN3O5S/c27-23-8-10-25(11-9-23)36(32,33)30(13-12-28-14-17-34-18-15-28)21-26(31)29(20-24-7-4-16-35-24)19-22-5-2-1-3-6-22/h1-11,16H,12-15,17-21H2. The number of nitrogens with zero attached hydrogens (tertiary/aromatic N) is 3. The van der Waals surface area contributed by atoms with Crippen molar-refractivity contribution in [3.05, 3.63) is 90.1 Å². The fourth-order valence-corrected chi connectivity index (χ4v) is 5.38. The Balaban J connectivity index is 1.56. The number of amides is 1. The Morgan fingerprint density at radius 1 is 0.944 bits per heavy atom. The van der Waals surface area contributed by atoms with Crippen LogP contribution in [0, 0.1) is 5.82 Å². The van der Waals surface area contributed by atoms with Crippen LogP contribution < -0.4 is 0 Å². The average molecular weight is 516 g/mol. The number of rotatable bonds is 11. The fraction of sp³-hybridized carbons (Fsp3) is 0.346. The Morgan fingerprint density at radius 3 is 2.33 bits per heavy atom. The topological polar surface area (TPSA) is 83.3 Å². The molecule has 8 nitrogen and oxygen atoms in total. The molecule has 36 heavy (non-hydrogen) atoms. The summed E-state index contributed by atoms with van der Waals surface area (Å²) in [5, 5.41) is 0. The Hall–Kier alpha value is -3.05. The second-order valence-electron chi connectivity index (χ2n) is 8.56. The van der Waals surface area contributed by atoms with E-state index in [2.05, 4.69) is 4.90 Å². The van der Waals surface area contributed by atoms with Crippen molar-refractivity contribution in [1.82, 2.24) is 14.1 Å². The monoisotopic (exact) mass is 515 g/mol. The van der Waals surface area contributed by atoms with Gasteiger partial charge in [-0.15, -0.1) is 0 Å². The first-order valence-corrected chi connectivity index (χ1v) is 13.3. The maximum Gasteiger partial charge on any atom is 0.243 e. The average Bonchev–Trinajstić information content (AvgIpc) is 3.40. The predicted molar refractivity (Wildman–Crippen MR) is 132 cm³/mol. The Morgan fingerprint density at radius 2 is 1.67 bits per heavy atom. The van der Waals surface area contributed by atoms with Crippen molar-refractivity contribution in [3.8, 4) is 0 Å². The van der Waals surface area contributed by atoms with Gasteiger partial charge in [-0.3, -0.25) is 9.69 Å². The third-order valence-electron chi connectivity index (χ3n) is 6.03. The molecule has 2 heterocycles. The van der Waals surface area contributed by atoms with Crippen LogP contribution in [0.2, 0.25) is 0 Å². The summed E-state index contributed by atoms with van der Waals surface area (Å²) in [6, 6.07) is 17.7. The van der Waals surface area contributed by atoms with Gasteiger partial charge in [-0.1, -0.05) is 30.3 Å². The fourth-order valence-electron chi connectivity index (χ4n) is 4.00. The van der Waals surface area contributed by atoms with Crippen LogP contribution in [0.25, 0.3) is 0 Å². The molecule has 192 valence electrons. The lowest BCUT2D eigenvalue weighted by Crippen LogP contribution is -2.47. The van der Waals surface area contributed by atoms with Crippen LogP contribution in [0.1, 0.15) is 11.3 Å². The number of carbonyl (C=O) groups is 1. The normalized spacial score (nSPS) is 14.7. The van der Waals surface area contributed by atoms with Crippen LogP contribution in [-0.4, -0.2) is 74.4 Å². The van der Waals surface area contributed by atoms with E-state index < -0.39 is 15.8 Å². The van der Waals surface area contributed by atoms with Crippen LogP contribution in [-0.2, 0) is 32.6 Å². The van der Waals surface area contributed by atoms with E-state index in [0.29, 0.717) is 45.2 Å². The van der Waals surface area contributed by atoms with Gasteiger partial charge in [-0.25, -0.2) is 12.8 Å². The highest BCUT2D eigenvalue weighted by Crippen LogP contribution is 2.18. The van der Waals surface area contributed by atoms with Crippen LogP contribution in [0.4, 0.5) is 4.39 Å². The van der Waals surface area contributed by atoms with Gasteiger partial charge in [0.25, 0.3) is 0 Å². The lowest BCUT2D eigenvalue weighted by Gasteiger charge is -2.31. The molecular weight excluding hydrogens is 485 g/mol. The third-order valence-corrected chi connectivity index (χ3v) is 7.89. The molecule has 10 heteroatoms. The van der Waals surface area contributed by atoms with E-state index in [0.717, 1.165) is 17.7 Å². The van der Waals surface area contributed by atoms with Crippen LogP contribution in [0.5, 0.6) is 0 Å². The zero-order valence-electron chi connectivity index (χ0n) is 20.0. The van der Waals surface area contributed by atoms with Gasteiger partial charge in [0.15, 0.2) is 0 Å². The molecule has 1 amide bonds. The molecule has 4 rings (SSSR count). The maximum atomic E-state index is 13.6. The molecule has 1 fully saturated rings. The van der Waals surface area contributed by atoms with Gasteiger partial charge in [0, 0.05) is 32.7 Å². The second-order valence-corrected chi connectivity index (χ2v) is 10.5. The molecule has 0 saturated carbocycles. The Labute approximate surface area is 210 Å². The number of hydrogen-bond donors (Lipinski definition) is 0. The summed E-state index contributed by atoms with van der Waals surface area (Å²) in [5.41, 5.74) is 0.915. The molecule has 0 bridgehead atoms. The molecule has 2 aromatic carbocycles. The zero-order valence-corrected chi connectivity index (χ0v) is 20.8. The molecule has 1 aliphatic heterocycles. The van der Waals surface area contributed by atoms with Crippen molar-refractivity contribution >= 4 is 15.9 Å². The number of hydrogen-bond acceptors (Lipinski definition) is 6. The van der Waals surface area contributed by atoms with Crippen molar-refractivity contribution in [2.24, 2.45) is 0 Å². The number of carbonyl (C=O) groups excluding carboxylic acids is 1. The molecule has 0 unspecified atom stereocenters. The molecule has 0 aliphatic carbocycles. The van der Waals surface area contributed by atoms with Gasteiger partial charge >= 0.3 is 0 Å². The largest absolute Gasteiger partial charge is 0.467 e. The number of sulfonamides is 1. The molecule has 1 aromatic heterocycles. The molecule has 0 atom stereocenters. The zero-order chi connectivity index (χ0) is 25.4. The number of furan rings is 1. The molecule has 1 saturated heterocycles. The smallest absolute Gasteiger partial charge is 0.243 e. The molecule has 3 aromatic rings. The maximum absolute atomic E-state index is 13.6. The van der Waals surface area contributed by atoms with Crippen LogP contribution in [0.15, 0.2) is 82.3 Å². The highest BCUT2D eigenvalue weighted by atomic mass is 32.2. The quantitative estimate of drug-likeness (QED) is 0.391. The molecule has 0 spiro atoms. The molecule has 1 aliphatic rings. The van der Waals surface area contributed by atoms with E-state index in [9.17, 15) is 17.6 Å². The molecule has 0 radical (unpaired) electrons. The van der Waals surface area contributed by atoms with Gasteiger partial charge < -0.3 is 14.1 Å². The van der Waals surface area contributed by atoms with E-state index in [1.807, 2.05) is 30.3 Å². The van der Waals surface area contributed by atoms with E-state index in [1.54, 1.807) is 17.0 Å². The van der Waals surface area contributed by atoms with Gasteiger partial charge in [0.1, 0.15) is 11.6 Å². The highest BCUT2D eigenvalue weighted by molar-refractivity contribution is 7.89. The van der Waals surface area contributed by atoms with Gasteiger partial charge in [0.2, 0.25) is 15.9 Å². The van der Waals surface area contributed by atoms with Crippen molar-refractivity contribution in [2.45, 2.75) is 18.0 Å². The van der Waals surface area contributed by atoms with E-state index in [-0.39, 0.29) is 30.4 Å². The highest BCUT2D eigenvalue weighted by Gasteiger charge is 2.29. The summed E-state index contributed by atoms with van der Waals surface area (Å²) < 4.78 is 52.5. The summed E-state index contributed by atoms with van der Waals surface area (Å²) in [7, 11) is -4.04. The van der Waals surface area contributed by atoms with Crippen molar-refractivity contribution in [2.75, 3.05) is 45.9 Å². The van der Waals surface area contributed by atoms with E-state index >= 15 is 0 Å². The van der Waals surface area contributed by atoms with Crippen molar-refractivity contribution < 1.29 is 26.8 Å². The Bertz CT molecular complexity index is 1200. The number of halogens is 1. The minimum atomic E-state index is -4.04. The van der Waals surface area contributed by atoms with E-state index in [1.165, 1.54) is 22.7 Å². The van der Waals surface area contributed by atoms with Crippen LogP contribution >= 0.6 is 0 Å². The van der Waals surface area contributed by atoms with Gasteiger partial charge in [-0.2, -0.15) is 4.31 Å².